The highest BCUT2D eigenvalue weighted by atomic mass is 28.4. The summed E-state index contributed by atoms with van der Waals surface area (Å²) in [5.41, 5.74) is 0. The molecule has 7 heteroatoms. The average molecular weight is 309 g/mol. The Hall–Kier alpha value is -0.0231. The molecule has 0 aliphatic heterocycles. The molecule has 0 fully saturated rings. The Bertz CT molecular complexity index is 204. The van der Waals surface area contributed by atoms with Gasteiger partial charge in [-0.05, 0) is 40.2 Å². The van der Waals surface area contributed by atoms with Crippen LogP contribution in [0, 0.1) is 0 Å². The van der Waals surface area contributed by atoms with E-state index in [0.29, 0.717) is 26.2 Å². The Balaban J connectivity index is 4.17. The summed E-state index contributed by atoms with van der Waals surface area (Å²) < 4.78 is 17.3. The van der Waals surface area contributed by atoms with Gasteiger partial charge < -0.3 is 28.8 Å². The first-order chi connectivity index (χ1) is 9.67. The first-order valence-electron chi connectivity index (χ1n) is 7.54. The fourth-order valence-electron chi connectivity index (χ4n) is 2.03. The zero-order chi connectivity index (χ0) is 15.3. The maximum absolute atomic E-state index is 9.13. The summed E-state index contributed by atoms with van der Waals surface area (Å²) in [6, 6.07) is 0.703. The van der Waals surface area contributed by atoms with Gasteiger partial charge in [0.2, 0.25) is 0 Å². The van der Waals surface area contributed by atoms with Crippen LogP contribution in [0.2, 0.25) is 6.04 Å². The van der Waals surface area contributed by atoms with Crippen LogP contribution in [0.1, 0.15) is 33.6 Å². The lowest BCUT2D eigenvalue weighted by Gasteiger charge is -2.28. The highest BCUT2D eigenvalue weighted by molar-refractivity contribution is 6.60. The molecule has 20 heavy (non-hydrogen) atoms. The standard InChI is InChI=1S/C13H31NO5Si/c1-4-17-20(18-5-2,19-6-3)11-7-9-14-13(12-16)8-10-15/h13-16H,4-12H2,1-3H3. The Morgan fingerprint density at radius 1 is 1.00 bits per heavy atom. The molecular weight excluding hydrogens is 278 g/mol. The molecule has 0 bridgehead atoms. The first kappa shape index (κ1) is 20.0. The first-order valence-corrected chi connectivity index (χ1v) is 9.48. The predicted octanol–water partition coefficient (Wildman–Crippen LogP) is 0.758. The van der Waals surface area contributed by atoms with E-state index in [9.17, 15) is 0 Å². The van der Waals surface area contributed by atoms with Gasteiger partial charge >= 0.3 is 8.80 Å². The number of aliphatic hydroxyl groups is 2. The summed E-state index contributed by atoms with van der Waals surface area (Å²) in [5, 5.41) is 21.2. The van der Waals surface area contributed by atoms with Gasteiger partial charge in [0.15, 0.2) is 0 Å². The summed E-state index contributed by atoms with van der Waals surface area (Å²) >= 11 is 0. The average Bonchev–Trinajstić information content (AvgIpc) is 2.43. The maximum Gasteiger partial charge on any atom is 0.500 e. The minimum Gasteiger partial charge on any atom is -0.396 e. The van der Waals surface area contributed by atoms with E-state index in [0.717, 1.165) is 19.0 Å². The molecule has 0 aromatic rings. The van der Waals surface area contributed by atoms with Crippen molar-refractivity contribution < 1.29 is 23.5 Å². The molecule has 0 rings (SSSR count). The number of aliphatic hydroxyl groups excluding tert-OH is 2. The van der Waals surface area contributed by atoms with Crippen LogP contribution in [0.25, 0.3) is 0 Å². The molecule has 3 N–H and O–H groups in total. The Kier molecular flexibility index (Phi) is 12.7. The summed E-state index contributed by atoms with van der Waals surface area (Å²) in [7, 11) is -2.55. The Morgan fingerprint density at radius 3 is 1.95 bits per heavy atom. The van der Waals surface area contributed by atoms with E-state index in [-0.39, 0.29) is 19.3 Å². The van der Waals surface area contributed by atoms with E-state index >= 15 is 0 Å². The zero-order valence-electron chi connectivity index (χ0n) is 13.1. The molecule has 1 unspecified atom stereocenters. The number of rotatable bonds is 14. The van der Waals surface area contributed by atoms with Gasteiger partial charge in [-0.2, -0.15) is 0 Å². The van der Waals surface area contributed by atoms with Crippen molar-refractivity contribution in [2.24, 2.45) is 0 Å². The van der Waals surface area contributed by atoms with Crippen molar-refractivity contribution in [3.8, 4) is 0 Å². The number of nitrogens with one attached hydrogen (secondary N) is 1. The van der Waals surface area contributed by atoms with Gasteiger partial charge in [-0.3, -0.25) is 0 Å². The SMILES string of the molecule is CCO[Si](CCCNC(CO)CCO)(OCC)OCC. The van der Waals surface area contributed by atoms with Crippen molar-refractivity contribution >= 4 is 8.80 Å². The molecule has 0 aliphatic carbocycles. The van der Waals surface area contributed by atoms with Crippen LogP contribution in [-0.4, -0.2) is 64.6 Å². The minimum atomic E-state index is -2.55. The van der Waals surface area contributed by atoms with Crippen LogP contribution in [0.15, 0.2) is 0 Å². The lowest BCUT2D eigenvalue weighted by atomic mass is 10.2. The number of hydrogen-bond acceptors (Lipinski definition) is 6. The second kappa shape index (κ2) is 12.7. The fourth-order valence-corrected chi connectivity index (χ4v) is 4.64. The molecule has 6 nitrogen and oxygen atoms in total. The van der Waals surface area contributed by atoms with E-state index in [1.807, 2.05) is 20.8 Å². The van der Waals surface area contributed by atoms with Crippen molar-refractivity contribution in [2.45, 2.75) is 45.7 Å². The molecule has 1 atom stereocenters. The van der Waals surface area contributed by atoms with Crippen molar-refractivity contribution in [2.75, 3.05) is 39.6 Å². The molecule has 122 valence electrons. The normalized spacial score (nSPS) is 13.7. The maximum atomic E-state index is 9.13. The smallest absolute Gasteiger partial charge is 0.396 e. The minimum absolute atomic E-state index is 0.0332. The Labute approximate surface area is 123 Å². The van der Waals surface area contributed by atoms with Crippen LogP contribution in [0.5, 0.6) is 0 Å². The third-order valence-corrected chi connectivity index (χ3v) is 6.03. The highest BCUT2D eigenvalue weighted by Gasteiger charge is 2.39. The van der Waals surface area contributed by atoms with E-state index in [4.69, 9.17) is 23.5 Å². The second-order valence-corrected chi connectivity index (χ2v) is 7.16. The third kappa shape index (κ3) is 8.31. The quantitative estimate of drug-likeness (QED) is 0.325. The molecule has 0 aromatic carbocycles. The summed E-state index contributed by atoms with van der Waals surface area (Å²) in [5.74, 6) is 0. The van der Waals surface area contributed by atoms with Gasteiger partial charge in [-0.25, -0.2) is 0 Å². The number of hydrogen-bond donors (Lipinski definition) is 3. The van der Waals surface area contributed by atoms with Gasteiger partial charge in [0, 0.05) is 38.5 Å². The predicted molar refractivity (Wildman–Crippen MR) is 80.6 cm³/mol. The van der Waals surface area contributed by atoms with Gasteiger partial charge in [0.1, 0.15) is 0 Å². The molecule has 0 radical (unpaired) electrons. The molecule has 0 spiro atoms. The van der Waals surface area contributed by atoms with Gasteiger partial charge in [-0.15, -0.1) is 0 Å². The molecular formula is C13H31NO5Si. The van der Waals surface area contributed by atoms with Gasteiger partial charge in [0.05, 0.1) is 6.61 Å². The van der Waals surface area contributed by atoms with Crippen molar-refractivity contribution in [1.82, 2.24) is 5.32 Å². The van der Waals surface area contributed by atoms with E-state index in [1.54, 1.807) is 0 Å². The Morgan fingerprint density at radius 2 is 1.55 bits per heavy atom. The molecule has 0 saturated carbocycles. The third-order valence-electron chi connectivity index (χ3n) is 2.88. The van der Waals surface area contributed by atoms with Crippen LogP contribution >= 0.6 is 0 Å². The fraction of sp³-hybridized carbons (Fsp3) is 1.00. The van der Waals surface area contributed by atoms with Crippen molar-refractivity contribution in [3.63, 3.8) is 0 Å². The van der Waals surface area contributed by atoms with E-state index in [2.05, 4.69) is 5.32 Å². The topological polar surface area (TPSA) is 80.2 Å². The molecule has 0 aliphatic rings. The van der Waals surface area contributed by atoms with E-state index in [1.165, 1.54) is 0 Å². The van der Waals surface area contributed by atoms with Gasteiger partial charge in [0.25, 0.3) is 0 Å². The zero-order valence-corrected chi connectivity index (χ0v) is 14.1. The van der Waals surface area contributed by atoms with Crippen LogP contribution < -0.4 is 5.32 Å². The second-order valence-electron chi connectivity index (χ2n) is 4.43. The summed E-state index contributed by atoms with van der Waals surface area (Å²) in [6.45, 7) is 8.45. The van der Waals surface area contributed by atoms with Gasteiger partial charge in [-0.1, -0.05) is 0 Å². The highest BCUT2D eigenvalue weighted by Crippen LogP contribution is 2.17. The van der Waals surface area contributed by atoms with E-state index < -0.39 is 8.80 Å². The largest absolute Gasteiger partial charge is 0.500 e. The molecule has 0 heterocycles. The lowest BCUT2D eigenvalue weighted by molar-refractivity contribution is 0.0707. The van der Waals surface area contributed by atoms with Crippen LogP contribution in [0.4, 0.5) is 0 Å². The monoisotopic (exact) mass is 309 g/mol. The summed E-state index contributed by atoms with van der Waals surface area (Å²) in [4.78, 5) is 0. The lowest BCUT2D eigenvalue weighted by Crippen LogP contribution is -2.46. The summed E-state index contributed by atoms with van der Waals surface area (Å²) in [6.07, 6.45) is 1.41. The van der Waals surface area contributed by atoms with Crippen molar-refractivity contribution in [3.05, 3.63) is 0 Å². The van der Waals surface area contributed by atoms with Crippen LogP contribution in [0.3, 0.4) is 0 Å². The van der Waals surface area contributed by atoms with Crippen LogP contribution in [-0.2, 0) is 13.3 Å². The molecule has 0 saturated heterocycles. The van der Waals surface area contributed by atoms with Crippen molar-refractivity contribution in [1.29, 1.82) is 0 Å². The molecule has 0 amide bonds. The molecule has 0 aromatic heterocycles.